The summed E-state index contributed by atoms with van der Waals surface area (Å²) in [6, 6.07) is 3.85. The first-order chi connectivity index (χ1) is 16.7. The molecule has 1 aliphatic heterocycles. The summed E-state index contributed by atoms with van der Waals surface area (Å²) in [5, 5.41) is 3.13. The highest BCUT2D eigenvalue weighted by Gasteiger charge is 2.23. The van der Waals surface area contributed by atoms with Crippen LogP contribution in [0.1, 0.15) is 39.3 Å². The summed E-state index contributed by atoms with van der Waals surface area (Å²) in [5.74, 6) is 0.465. The first-order valence-corrected chi connectivity index (χ1v) is 11.3. The number of hydrogen-bond donors (Lipinski definition) is 2. The maximum Gasteiger partial charge on any atom is 0.407 e. The molecular formula is C26H27FN2O6. The fraction of sp³-hybridized carbons (Fsp3) is 0.308. The highest BCUT2D eigenvalue weighted by molar-refractivity contribution is 5.91. The second kappa shape index (κ2) is 10.1. The Balaban J connectivity index is 1.60. The molecule has 0 atom stereocenters. The molecule has 1 amide bonds. The average Bonchev–Trinajstić information content (AvgIpc) is 2.82. The van der Waals surface area contributed by atoms with E-state index in [1.807, 2.05) is 12.2 Å². The number of rotatable bonds is 6. The van der Waals surface area contributed by atoms with Crippen LogP contribution in [0.5, 0.6) is 5.75 Å². The minimum atomic E-state index is -0.628. The van der Waals surface area contributed by atoms with Crippen molar-refractivity contribution in [1.82, 2.24) is 10.3 Å². The van der Waals surface area contributed by atoms with Crippen molar-refractivity contribution in [1.29, 1.82) is 0 Å². The van der Waals surface area contributed by atoms with Crippen LogP contribution in [-0.2, 0) is 14.2 Å². The lowest BCUT2D eigenvalue weighted by Gasteiger charge is -2.22. The predicted molar refractivity (Wildman–Crippen MR) is 129 cm³/mol. The van der Waals surface area contributed by atoms with Crippen molar-refractivity contribution in [2.24, 2.45) is 0 Å². The van der Waals surface area contributed by atoms with Gasteiger partial charge in [0.15, 0.2) is 17.3 Å². The molecule has 0 unspecified atom stereocenters. The molecule has 184 valence electrons. The number of allylic oxidation sites excluding steroid dienone is 4. The zero-order valence-electron chi connectivity index (χ0n) is 19.8. The van der Waals surface area contributed by atoms with Crippen molar-refractivity contribution < 1.29 is 28.1 Å². The van der Waals surface area contributed by atoms with Crippen LogP contribution in [0.15, 0.2) is 65.1 Å². The van der Waals surface area contributed by atoms with Gasteiger partial charge in [0.25, 0.3) is 5.56 Å². The van der Waals surface area contributed by atoms with E-state index < -0.39 is 23.1 Å². The molecule has 2 heterocycles. The lowest BCUT2D eigenvalue weighted by molar-refractivity contribution is 0.0520. The molecule has 2 aromatic rings. The maximum absolute atomic E-state index is 13.9. The van der Waals surface area contributed by atoms with E-state index in [-0.39, 0.29) is 35.7 Å². The number of fused-ring (bicyclic) bond motifs is 1. The average molecular weight is 483 g/mol. The quantitative estimate of drug-likeness (QED) is 0.560. The molecule has 8 nitrogen and oxygen atoms in total. The largest absolute Gasteiger partial charge is 0.489 e. The van der Waals surface area contributed by atoms with Crippen LogP contribution < -0.4 is 15.6 Å². The van der Waals surface area contributed by atoms with Crippen molar-refractivity contribution in [2.45, 2.75) is 39.2 Å². The van der Waals surface area contributed by atoms with E-state index in [2.05, 4.69) is 16.4 Å². The van der Waals surface area contributed by atoms with E-state index in [4.69, 9.17) is 18.9 Å². The van der Waals surface area contributed by atoms with Gasteiger partial charge in [-0.1, -0.05) is 18.2 Å². The number of H-pyrrole nitrogens is 1. The summed E-state index contributed by atoms with van der Waals surface area (Å²) < 4.78 is 36.6. The molecule has 1 aliphatic carbocycles. The van der Waals surface area contributed by atoms with Gasteiger partial charge in [-0.2, -0.15) is 0 Å². The molecule has 0 radical (unpaired) electrons. The van der Waals surface area contributed by atoms with Gasteiger partial charge in [-0.15, -0.1) is 0 Å². The van der Waals surface area contributed by atoms with Gasteiger partial charge in [0.05, 0.1) is 11.9 Å². The number of nitrogens with one attached hydrogen (secondary N) is 2. The first kappa shape index (κ1) is 24.1. The number of carbonyl (C=O) groups is 1. The minimum Gasteiger partial charge on any atom is -0.489 e. The number of benzene rings is 1. The Kier molecular flexibility index (Phi) is 6.95. The van der Waals surface area contributed by atoms with Crippen LogP contribution in [0.4, 0.5) is 9.18 Å². The molecule has 0 fully saturated rings. The zero-order valence-corrected chi connectivity index (χ0v) is 19.8. The summed E-state index contributed by atoms with van der Waals surface area (Å²) in [6.45, 7) is 5.49. The van der Waals surface area contributed by atoms with Gasteiger partial charge in [0, 0.05) is 5.39 Å². The van der Waals surface area contributed by atoms with Crippen molar-refractivity contribution in [3.8, 4) is 5.75 Å². The van der Waals surface area contributed by atoms with Gasteiger partial charge in [-0.25, -0.2) is 9.18 Å². The number of aromatic amines is 1. The molecule has 1 aromatic carbocycles. The lowest BCUT2D eigenvalue weighted by atomic mass is 10.0. The minimum absolute atomic E-state index is 0.0531. The normalized spacial score (nSPS) is 15.4. The number of halogens is 1. The number of aromatic nitrogens is 1. The molecule has 2 N–H and O–H groups in total. The first-order valence-electron chi connectivity index (χ1n) is 11.3. The van der Waals surface area contributed by atoms with Crippen LogP contribution in [0.25, 0.3) is 16.5 Å². The Morgan fingerprint density at radius 3 is 2.74 bits per heavy atom. The zero-order chi connectivity index (χ0) is 25.0. The number of hydrogen-bond acceptors (Lipinski definition) is 6. The third kappa shape index (κ3) is 5.92. The monoisotopic (exact) mass is 482 g/mol. The Morgan fingerprint density at radius 2 is 2.00 bits per heavy atom. The molecule has 0 saturated heterocycles. The number of pyridine rings is 1. The molecule has 0 bridgehead atoms. The van der Waals surface area contributed by atoms with E-state index in [0.717, 1.165) is 24.5 Å². The summed E-state index contributed by atoms with van der Waals surface area (Å²) in [5.41, 5.74) is 0.0575. The van der Waals surface area contributed by atoms with Crippen molar-refractivity contribution >= 4 is 22.6 Å². The van der Waals surface area contributed by atoms with E-state index in [0.29, 0.717) is 11.1 Å². The fourth-order valence-corrected chi connectivity index (χ4v) is 3.60. The summed E-state index contributed by atoms with van der Waals surface area (Å²) >= 11 is 0. The van der Waals surface area contributed by atoms with Crippen LogP contribution in [0, 0.1) is 5.82 Å². The summed E-state index contributed by atoms with van der Waals surface area (Å²) in [7, 11) is 0. The van der Waals surface area contributed by atoms with Crippen LogP contribution in [0.3, 0.4) is 0 Å². The number of alkyl carbamates (subject to hydrolysis) is 1. The molecule has 0 spiro atoms. The van der Waals surface area contributed by atoms with Crippen molar-refractivity contribution in [2.75, 3.05) is 13.2 Å². The molecule has 1 aromatic heterocycles. The number of amides is 1. The van der Waals surface area contributed by atoms with Crippen LogP contribution >= 0.6 is 0 Å². The summed E-state index contributed by atoms with van der Waals surface area (Å²) in [4.78, 5) is 27.4. The van der Waals surface area contributed by atoms with E-state index in [1.54, 1.807) is 20.8 Å². The van der Waals surface area contributed by atoms with Gasteiger partial charge < -0.3 is 29.2 Å². The Bertz CT molecular complexity index is 1310. The third-order valence-electron chi connectivity index (χ3n) is 5.10. The van der Waals surface area contributed by atoms with Gasteiger partial charge in [-0.3, -0.25) is 4.79 Å². The van der Waals surface area contributed by atoms with E-state index in [9.17, 15) is 14.0 Å². The Labute approximate surface area is 201 Å². The second-order valence-corrected chi connectivity index (χ2v) is 8.99. The van der Waals surface area contributed by atoms with E-state index in [1.165, 1.54) is 24.7 Å². The molecule has 0 saturated carbocycles. The molecule has 4 rings (SSSR count). The van der Waals surface area contributed by atoms with Gasteiger partial charge in [0.1, 0.15) is 36.2 Å². The molecular weight excluding hydrogens is 455 g/mol. The predicted octanol–water partition coefficient (Wildman–Crippen LogP) is 5.03. The highest BCUT2D eigenvalue weighted by Crippen LogP contribution is 2.36. The molecule has 9 heteroatoms. The van der Waals surface area contributed by atoms with E-state index >= 15 is 0 Å². The SMILES string of the molecule is CC(C)(C)OC(=O)NCCOc1c(C2=COC=C(C3=CC=CCC3)O2)[nH]c(=O)c2cc(F)ccc12. The van der Waals surface area contributed by atoms with Crippen LogP contribution in [0.2, 0.25) is 0 Å². The van der Waals surface area contributed by atoms with Gasteiger partial charge >= 0.3 is 6.09 Å². The molecule has 35 heavy (non-hydrogen) atoms. The third-order valence-corrected chi connectivity index (χ3v) is 5.10. The topological polar surface area (TPSA) is 98.9 Å². The number of ether oxygens (including phenoxy) is 4. The molecule has 2 aliphatic rings. The van der Waals surface area contributed by atoms with Crippen molar-refractivity contribution in [3.63, 3.8) is 0 Å². The number of carbonyl (C=O) groups excluding carboxylic acids is 1. The van der Waals surface area contributed by atoms with Crippen molar-refractivity contribution in [3.05, 3.63) is 82.1 Å². The highest BCUT2D eigenvalue weighted by atomic mass is 19.1. The Hall–Kier alpha value is -4.01. The smallest absolute Gasteiger partial charge is 0.407 e. The second-order valence-electron chi connectivity index (χ2n) is 8.99. The Morgan fingerprint density at radius 1 is 1.20 bits per heavy atom. The maximum atomic E-state index is 13.9. The lowest BCUT2D eigenvalue weighted by Crippen LogP contribution is -2.34. The standard InChI is InChI=1S/C26H27FN2O6/c1-26(2,3)35-25(31)28-11-12-33-23-18-10-9-17(27)13-19(18)24(30)29-22(23)21-15-32-14-20(34-21)16-7-5-4-6-8-16/h4-5,7,9-10,13-15H,6,8,11-12H2,1-3H3,(H,28,31)(H,29,30). The van der Waals surface area contributed by atoms with Crippen LogP contribution in [-0.4, -0.2) is 29.8 Å². The van der Waals surface area contributed by atoms with Gasteiger partial charge in [0.2, 0.25) is 0 Å². The van der Waals surface area contributed by atoms with Gasteiger partial charge in [-0.05, 0) is 57.4 Å². The fourth-order valence-electron chi connectivity index (χ4n) is 3.60. The summed E-state index contributed by atoms with van der Waals surface area (Å²) in [6.07, 6.45) is 9.87.